The molecule has 0 aliphatic rings. The van der Waals surface area contributed by atoms with Crippen LogP contribution in [0.3, 0.4) is 0 Å². The molecule has 0 bridgehead atoms. The van der Waals surface area contributed by atoms with Crippen LogP contribution >= 0.6 is 11.3 Å². The minimum atomic E-state index is -4.55. The summed E-state index contributed by atoms with van der Waals surface area (Å²) in [6.45, 7) is 2.29. The molecule has 172 valence electrons. The fraction of sp³-hybridized carbons (Fsp3) is 0.333. The molecule has 0 unspecified atom stereocenters. The smallest absolute Gasteiger partial charge is 0.433 e. The Labute approximate surface area is 187 Å². The molecule has 0 aliphatic carbocycles. The van der Waals surface area contributed by atoms with Crippen LogP contribution in [0.15, 0.2) is 41.3 Å². The van der Waals surface area contributed by atoms with Crippen LogP contribution in [-0.2, 0) is 16.0 Å². The number of fused-ring (bicyclic) bond motifs is 1. The first-order valence-corrected chi connectivity index (χ1v) is 12.2. The lowest BCUT2D eigenvalue weighted by Crippen LogP contribution is -2.28. The molecule has 32 heavy (non-hydrogen) atoms. The second-order valence-corrected chi connectivity index (χ2v) is 10.3. The summed E-state index contributed by atoms with van der Waals surface area (Å²) < 4.78 is 67.5. The van der Waals surface area contributed by atoms with Gasteiger partial charge in [-0.1, -0.05) is 6.07 Å². The van der Waals surface area contributed by atoms with Gasteiger partial charge < -0.3 is 9.64 Å². The van der Waals surface area contributed by atoms with Gasteiger partial charge in [-0.15, -0.1) is 11.3 Å². The van der Waals surface area contributed by atoms with Gasteiger partial charge in [-0.25, -0.2) is 13.4 Å². The Balaban J connectivity index is 1.62. The quantitative estimate of drug-likeness (QED) is 0.458. The van der Waals surface area contributed by atoms with Gasteiger partial charge in [0, 0.05) is 25.2 Å². The molecule has 0 aliphatic heterocycles. The number of carbonyl (C=O) groups excluding carboxylic acids is 1. The van der Waals surface area contributed by atoms with E-state index in [9.17, 15) is 26.4 Å². The molecule has 1 aromatic carbocycles. The minimum Gasteiger partial charge on any atom is -0.493 e. The largest absolute Gasteiger partial charge is 0.493 e. The van der Waals surface area contributed by atoms with Crippen molar-refractivity contribution in [3.63, 3.8) is 0 Å². The van der Waals surface area contributed by atoms with Crippen molar-refractivity contribution >= 4 is 37.3 Å². The predicted octanol–water partition coefficient (Wildman–Crippen LogP) is 4.57. The molecular weight excluding hydrogens is 465 g/mol. The normalized spacial score (nSPS) is 12.2. The first-order valence-electron chi connectivity index (χ1n) is 9.53. The molecule has 3 rings (SSSR count). The van der Waals surface area contributed by atoms with E-state index < -0.39 is 21.7 Å². The maximum absolute atomic E-state index is 12.9. The second kappa shape index (κ2) is 9.07. The summed E-state index contributed by atoms with van der Waals surface area (Å²) in [5.41, 5.74) is -0.396. The third-order valence-corrected chi connectivity index (χ3v) is 7.07. The highest BCUT2D eigenvalue weighted by molar-refractivity contribution is 7.90. The van der Waals surface area contributed by atoms with Crippen LogP contribution in [0.2, 0.25) is 0 Å². The lowest BCUT2D eigenvalue weighted by molar-refractivity contribution is -0.140. The highest BCUT2D eigenvalue weighted by atomic mass is 32.2. The molecule has 0 fully saturated rings. The Kier molecular flexibility index (Phi) is 6.80. The molecule has 0 N–H and O–H groups in total. The van der Waals surface area contributed by atoms with Crippen LogP contribution in [0.4, 0.5) is 13.2 Å². The molecule has 3 aromatic rings. The molecule has 0 saturated heterocycles. The number of thiophene rings is 1. The summed E-state index contributed by atoms with van der Waals surface area (Å²) in [5.74, 6) is 0.104. The van der Waals surface area contributed by atoms with E-state index in [1.807, 2.05) is 0 Å². The fourth-order valence-corrected chi connectivity index (χ4v) is 4.85. The lowest BCUT2D eigenvalue weighted by atomic mass is 10.1. The van der Waals surface area contributed by atoms with Gasteiger partial charge in [0.2, 0.25) is 0 Å². The number of halogens is 3. The number of hydrogen-bond donors (Lipinski definition) is 0. The third kappa shape index (κ3) is 5.39. The van der Waals surface area contributed by atoms with Gasteiger partial charge in [-0.05, 0) is 49.2 Å². The third-order valence-electron chi connectivity index (χ3n) is 4.78. The van der Waals surface area contributed by atoms with E-state index in [2.05, 4.69) is 4.98 Å². The molecular formula is C21H21F3N2O4S2. The summed E-state index contributed by atoms with van der Waals surface area (Å²) in [6.07, 6.45) is -2.96. The number of pyridine rings is 1. The standard InChI is InChI=1S/C21H21F3N2O4S2/c1-13-16-8-9-17(21(22,23)24)25-19(16)31-18(13)20(27)26(2)10-5-11-30-14-6-4-7-15(12-14)32(3,28)29/h4,6-9,12H,5,10-11H2,1-3H3. The molecule has 1 amide bonds. The number of sulfone groups is 1. The summed E-state index contributed by atoms with van der Waals surface area (Å²) in [5, 5.41) is 0.522. The number of alkyl halides is 3. The number of benzene rings is 1. The Morgan fingerprint density at radius 1 is 1.22 bits per heavy atom. The Bertz CT molecular complexity index is 1250. The maximum Gasteiger partial charge on any atom is 0.433 e. The van der Waals surface area contributed by atoms with Gasteiger partial charge in [0.05, 0.1) is 16.4 Å². The van der Waals surface area contributed by atoms with Gasteiger partial charge in [-0.3, -0.25) is 4.79 Å². The first kappa shape index (κ1) is 24.0. The van der Waals surface area contributed by atoms with Crippen molar-refractivity contribution < 1.29 is 31.1 Å². The van der Waals surface area contributed by atoms with E-state index in [0.717, 1.165) is 23.7 Å². The average Bonchev–Trinajstić information content (AvgIpc) is 3.05. The zero-order valence-corrected chi connectivity index (χ0v) is 19.2. The van der Waals surface area contributed by atoms with E-state index in [-0.39, 0.29) is 22.2 Å². The van der Waals surface area contributed by atoms with Crippen molar-refractivity contribution in [2.24, 2.45) is 0 Å². The van der Waals surface area contributed by atoms with Gasteiger partial charge in [0.25, 0.3) is 5.91 Å². The molecule has 0 spiro atoms. The van der Waals surface area contributed by atoms with Crippen LogP contribution in [0.1, 0.15) is 27.3 Å². The van der Waals surface area contributed by atoms with Crippen LogP contribution in [0, 0.1) is 6.92 Å². The van der Waals surface area contributed by atoms with Crippen LogP contribution in [0.5, 0.6) is 5.75 Å². The monoisotopic (exact) mass is 486 g/mol. The predicted molar refractivity (Wildman–Crippen MR) is 116 cm³/mol. The lowest BCUT2D eigenvalue weighted by Gasteiger charge is -2.17. The van der Waals surface area contributed by atoms with E-state index in [1.54, 1.807) is 26.1 Å². The number of nitrogens with zero attached hydrogens (tertiary/aromatic N) is 2. The van der Waals surface area contributed by atoms with Gasteiger partial charge in [0.15, 0.2) is 9.84 Å². The van der Waals surface area contributed by atoms with Gasteiger partial charge in [0.1, 0.15) is 16.3 Å². The molecule has 6 nitrogen and oxygen atoms in total. The van der Waals surface area contributed by atoms with Crippen molar-refractivity contribution in [2.75, 3.05) is 26.5 Å². The molecule has 2 aromatic heterocycles. The van der Waals surface area contributed by atoms with Crippen LogP contribution < -0.4 is 4.74 Å². The average molecular weight is 487 g/mol. The highest BCUT2D eigenvalue weighted by Gasteiger charge is 2.33. The maximum atomic E-state index is 12.9. The molecule has 2 heterocycles. The number of rotatable bonds is 7. The van der Waals surface area contributed by atoms with Gasteiger partial charge >= 0.3 is 6.18 Å². The zero-order valence-electron chi connectivity index (χ0n) is 17.6. The SMILES string of the molecule is Cc1c(C(=O)N(C)CCCOc2cccc(S(C)(=O)=O)c2)sc2nc(C(F)(F)F)ccc12. The molecule has 0 saturated carbocycles. The van der Waals surface area contributed by atoms with E-state index in [0.29, 0.717) is 34.5 Å². The summed E-state index contributed by atoms with van der Waals surface area (Å²) in [7, 11) is -1.73. The number of carbonyl (C=O) groups is 1. The summed E-state index contributed by atoms with van der Waals surface area (Å²) >= 11 is 0.940. The number of amides is 1. The van der Waals surface area contributed by atoms with Crippen molar-refractivity contribution in [3.05, 3.63) is 52.5 Å². The highest BCUT2D eigenvalue weighted by Crippen LogP contribution is 2.34. The van der Waals surface area contributed by atoms with Crippen LogP contribution in [-0.4, -0.2) is 50.7 Å². The second-order valence-electron chi connectivity index (χ2n) is 7.28. The Morgan fingerprint density at radius 2 is 1.94 bits per heavy atom. The van der Waals surface area contributed by atoms with Crippen molar-refractivity contribution in [2.45, 2.75) is 24.4 Å². The molecule has 0 radical (unpaired) electrons. The Morgan fingerprint density at radius 3 is 2.59 bits per heavy atom. The first-order chi connectivity index (χ1) is 14.9. The summed E-state index contributed by atoms with van der Waals surface area (Å²) in [6, 6.07) is 8.40. The fourth-order valence-electron chi connectivity index (χ4n) is 3.02. The number of aryl methyl sites for hydroxylation is 1. The van der Waals surface area contributed by atoms with E-state index >= 15 is 0 Å². The number of hydrogen-bond acceptors (Lipinski definition) is 6. The van der Waals surface area contributed by atoms with Gasteiger partial charge in [-0.2, -0.15) is 13.2 Å². The topological polar surface area (TPSA) is 76.6 Å². The summed E-state index contributed by atoms with van der Waals surface area (Å²) in [4.78, 5) is 18.6. The zero-order chi connectivity index (χ0) is 23.7. The Hall–Kier alpha value is -2.66. The van der Waals surface area contributed by atoms with Crippen molar-refractivity contribution in [1.82, 2.24) is 9.88 Å². The number of aromatic nitrogens is 1. The van der Waals surface area contributed by atoms with E-state index in [1.165, 1.54) is 23.1 Å². The molecule has 0 atom stereocenters. The minimum absolute atomic E-state index is 0.157. The van der Waals surface area contributed by atoms with Crippen LogP contribution in [0.25, 0.3) is 10.2 Å². The van der Waals surface area contributed by atoms with Crippen molar-refractivity contribution in [3.8, 4) is 5.75 Å². The number of ether oxygens (including phenoxy) is 1. The molecule has 11 heteroatoms. The van der Waals surface area contributed by atoms with E-state index in [4.69, 9.17) is 4.74 Å². The van der Waals surface area contributed by atoms with Crippen molar-refractivity contribution in [1.29, 1.82) is 0 Å².